The van der Waals surface area contributed by atoms with Crippen molar-refractivity contribution in [1.29, 1.82) is 0 Å². The van der Waals surface area contributed by atoms with Gasteiger partial charge in [-0.1, -0.05) is 15.9 Å². The molecule has 1 heterocycles. The molecule has 72 valence electrons. The fraction of sp³-hybridized carbons (Fsp3) is 0. The lowest BCUT2D eigenvalue weighted by Gasteiger charge is -1.98. The van der Waals surface area contributed by atoms with Crippen LogP contribution in [0.2, 0.25) is 5.28 Å². The van der Waals surface area contributed by atoms with Crippen molar-refractivity contribution in [2.75, 3.05) is 0 Å². The summed E-state index contributed by atoms with van der Waals surface area (Å²) in [7, 11) is 0. The summed E-state index contributed by atoms with van der Waals surface area (Å²) in [6.07, 6.45) is 0. The molecule has 3 nitrogen and oxygen atoms in total. The monoisotopic (exact) mass is 336 g/mol. The molecule has 6 heteroatoms. The van der Waals surface area contributed by atoms with E-state index in [-0.39, 0.29) is 5.28 Å². The van der Waals surface area contributed by atoms with Crippen LogP contribution >= 0.6 is 43.5 Å². The molecular weight excluding hydrogens is 335 g/mol. The Morgan fingerprint density at radius 3 is 2.71 bits per heavy atom. The van der Waals surface area contributed by atoms with Crippen LogP contribution in [0.3, 0.4) is 0 Å². The summed E-state index contributed by atoms with van der Waals surface area (Å²) in [6.45, 7) is 0. The average molecular weight is 338 g/mol. The predicted molar refractivity (Wildman–Crippen MR) is 60.1 cm³/mol. The van der Waals surface area contributed by atoms with Crippen LogP contribution in [0.25, 0.3) is 11.5 Å². The van der Waals surface area contributed by atoms with Gasteiger partial charge in [0.1, 0.15) is 0 Å². The zero-order chi connectivity index (χ0) is 10.1. The van der Waals surface area contributed by atoms with Crippen LogP contribution in [0.15, 0.2) is 31.7 Å². The molecule has 0 unspecified atom stereocenters. The Labute approximate surface area is 102 Å². The molecule has 0 saturated carbocycles. The highest BCUT2D eigenvalue weighted by molar-refractivity contribution is 9.11. The summed E-state index contributed by atoms with van der Waals surface area (Å²) >= 11 is 12.3. The van der Waals surface area contributed by atoms with Crippen LogP contribution in [0.4, 0.5) is 0 Å². The lowest BCUT2D eigenvalue weighted by molar-refractivity contribution is 0.430. The first-order chi connectivity index (χ1) is 6.66. The number of nitrogens with zero attached hydrogens (tertiary/aromatic N) is 2. The van der Waals surface area contributed by atoms with Crippen molar-refractivity contribution < 1.29 is 4.52 Å². The number of benzene rings is 1. The smallest absolute Gasteiger partial charge is 0.264 e. The van der Waals surface area contributed by atoms with E-state index in [2.05, 4.69) is 42.0 Å². The van der Waals surface area contributed by atoms with Crippen LogP contribution < -0.4 is 0 Å². The minimum absolute atomic E-state index is 0.104. The van der Waals surface area contributed by atoms with Crippen LogP contribution in [-0.4, -0.2) is 10.1 Å². The molecule has 0 saturated heterocycles. The van der Waals surface area contributed by atoms with Gasteiger partial charge in [0.15, 0.2) is 0 Å². The van der Waals surface area contributed by atoms with Gasteiger partial charge in [0.2, 0.25) is 0 Å². The molecular formula is C8H3Br2ClN2O. The second kappa shape index (κ2) is 4.00. The van der Waals surface area contributed by atoms with E-state index in [0.29, 0.717) is 5.89 Å². The van der Waals surface area contributed by atoms with E-state index in [0.717, 1.165) is 14.5 Å². The van der Waals surface area contributed by atoms with Gasteiger partial charge < -0.3 is 4.52 Å². The van der Waals surface area contributed by atoms with Gasteiger partial charge in [0.05, 0.1) is 5.56 Å². The number of halogens is 3. The van der Waals surface area contributed by atoms with Gasteiger partial charge in [-0.2, -0.15) is 4.98 Å². The molecule has 1 aromatic heterocycles. The Kier molecular flexibility index (Phi) is 2.90. The fourth-order valence-electron chi connectivity index (χ4n) is 0.976. The normalized spacial score (nSPS) is 10.5. The highest BCUT2D eigenvalue weighted by atomic mass is 79.9. The maximum absolute atomic E-state index is 5.56. The SMILES string of the molecule is Clc1noc(-c2cc(Br)ccc2Br)n1. The Morgan fingerprint density at radius 2 is 2.07 bits per heavy atom. The van der Waals surface area contributed by atoms with Gasteiger partial charge >= 0.3 is 0 Å². The van der Waals surface area contributed by atoms with E-state index in [1.165, 1.54) is 0 Å². The maximum Gasteiger partial charge on any atom is 0.264 e. The van der Waals surface area contributed by atoms with Crippen molar-refractivity contribution >= 4 is 43.5 Å². The zero-order valence-electron chi connectivity index (χ0n) is 6.67. The largest absolute Gasteiger partial charge is 0.333 e. The maximum atomic E-state index is 5.56. The van der Waals surface area contributed by atoms with E-state index in [1.807, 2.05) is 18.2 Å². The molecule has 0 atom stereocenters. The first kappa shape index (κ1) is 10.1. The lowest BCUT2D eigenvalue weighted by Crippen LogP contribution is -1.79. The third-order valence-corrected chi connectivity index (χ3v) is 2.90. The van der Waals surface area contributed by atoms with Gasteiger partial charge in [-0.15, -0.1) is 0 Å². The van der Waals surface area contributed by atoms with E-state index >= 15 is 0 Å². The molecule has 0 aliphatic heterocycles. The third kappa shape index (κ3) is 1.99. The first-order valence-electron chi connectivity index (χ1n) is 3.61. The van der Waals surface area contributed by atoms with Crippen molar-refractivity contribution in [2.24, 2.45) is 0 Å². The van der Waals surface area contributed by atoms with E-state index in [1.54, 1.807) is 0 Å². The Morgan fingerprint density at radius 1 is 1.29 bits per heavy atom. The predicted octanol–water partition coefficient (Wildman–Crippen LogP) is 3.92. The molecule has 0 amide bonds. The Bertz CT molecular complexity index is 472. The van der Waals surface area contributed by atoms with Gasteiger partial charge in [-0.25, -0.2) is 0 Å². The quantitative estimate of drug-likeness (QED) is 0.791. The summed E-state index contributed by atoms with van der Waals surface area (Å²) in [4.78, 5) is 3.92. The van der Waals surface area contributed by atoms with Crippen molar-refractivity contribution in [3.63, 3.8) is 0 Å². The van der Waals surface area contributed by atoms with E-state index in [9.17, 15) is 0 Å². The summed E-state index contributed by atoms with van der Waals surface area (Å²) < 4.78 is 6.75. The summed E-state index contributed by atoms with van der Waals surface area (Å²) in [5.74, 6) is 0.392. The van der Waals surface area contributed by atoms with Crippen molar-refractivity contribution in [3.05, 3.63) is 32.4 Å². The summed E-state index contributed by atoms with van der Waals surface area (Å²) in [5.41, 5.74) is 0.804. The Hall–Kier alpha value is -0.390. The lowest BCUT2D eigenvalue weighted by atomic mass is 10.2. The van der Waals surface area contributed by atoms with Gasteiger partial charge in [-0.05, 0) is 50.9 Å². The molecule has 0 radical (unpaired) electrons. The molecule has 0 N–H and O–H groups in total. The number of hydrogen-bond donors (Lipinski definition) is 0. The van der Waals surface area contributed by atoms with Gasteiger partial charge in [-0.3, -0.25) is 0 Å². The molecule has 14 heavy (non-hydrogen) atoms. The second-order valence-corrected chi connectivity index (χ2v) is 4.60. The molecule has 0 spiro atoms. The number of aromatic nitrogens is 2. The van der Waals surface area contributed by atoms with Crippen LogP contribution in [-0.2, 0) is 0 Å². The highest BCUT2D eigenvalue weighted by Crippen LogP contribution is 2.30. The van der Waals surface area contributed by atoms with Gasteiger partial charge in [0.25, 0.3) is 11.2 Å². The molecule has 2 rings (SSSR count). The molecule has 2 aromatic rings. The standard InChI is InChI=1S/C8H3Br2ClN2O/c9-4-1-2-6(10)5(3-4)7-12-8(11)13-14-7/h1-3H. The highest BCUT2D eigenvalue weighted by Gasteiger charge is 2.10. The molecule has 0 aliphatic rings. The van der Waals surface area contributed by atoms with Crippen LogP contribution in [0, 0.1) is 0 Å². The molecule has 0 bridgehead atoms. The molecule has 0 fully saturated rings. The van der Waals surface area contributed by atoms with E-state index in [4.69, 9.17) is 16.1 Å². The second-order valence-electron chi connectivity index (χ2n) is 2.49. The number of rotatable bonds is 1. The van der Waals surface area contributed by atoms with E-state index < -0.39 is 0 Å². The first-order valence-corrected chi connectivity index (χ1v) is 5.58. The Balaban J connectivity index is 2.55. The molecule has 0 aliphatic carbocycles. The van der Waals surface area contributed by atoms with Crippen LogP contribution in [0.5, 0.6) is 0 Å². The summed E-state index contributed by atoms with van der Waals surface area (Å²) in [6, 6.07) is 5.66. The zero-order valence-corrected chi connectivity index (χ0v) is 10.6. The minimum Gasteiger partial charge on any atom is -0.333 e. The third-order valence-electron chi connectivity index (χ3n) is 1.56. The minimum atomic E-state index is 0.104. The van der Waals surface area contributed by atoms with Crippen molar-refractivity contribution in [3.8, 4) is 11.5 Å². The summed E-state index contributed by atoms with van der Waals surface area (Å²) in [5, 5.41) is 3.61. The topological polar surface area (TPSA) is 38.9 Å². The van der Waals surface area contributed by atoms with Crippen LogP contribution in [0.1, 0.15) is 0 Å². The average Bonchev–Trinajstić information content (AvgIpc) is 2.56. The fourth-order valence-corrected chi connectivity index (χ4v) is 1.86. The van der Waals surface area contributed by atoms with Crippen molar-refractivity contribution in [1.82, 2.24) is 10.1 Å². The number of hydrogen-bond acceptors (Lipinski definition) is 3. The van der Waals surface area contributed by atoms with Crippen molar-refractivity contribution in [2.45, 2.75) is 0 Å². The van der Waals surface area contributed by atoms with Gasteiger partial charge in [0, 0.05) is 8.95 Å². The molecule has 1 aromatic carbocycles.